The van der Waals surface area contributed by atoms with Crippen LogP contribution in [0.15, 0.2) is 0 Å². The van der Waals surface area contributed by atoms with Crippen LogP contribution < -0.4 is 0 Å². The minimum absolute atomic E-state index is 0.580. The molecule has 1 fully saturated rings. The molecule has 0 heterocycles. The van der Waals surface area contributed by atoms with E-state index in [1.165, 1.54) is 25.7 Å². The molecule has 0 radical (unpaired) electrons. The fourth-order valence-electron chi connectivity index (χ4n) is 1.42. The molecular formula is C8H15IO. The van der Waals surface area contributed by atoms with Crippen molar-refractivity contribution in [2.24, 2.45) is 0 Å². The fourth-order valence-corrected chi connectivity index (χ4v) is 2.14. The van der Waals surface area contributed by atoms with Crippen molar-refractivity contribution in [2.75, 3.05) is 6.61 Å². The van der Waals surface area contributed by atoms with Gasteiger partial charge in [-0.25, -0.2) is 0 Å². The van der Waals surface area contributed by atoms with Crippen LogP contribution in [0.5, 0.6) is 0 Å². The van der Waals surface area contributed by atoms with E-state index in [1.54, 1.807) is 0 Å². The maximum absolute atomic E-state index is 5.53. The van der Waals surface area contributed by atoms with Crippen molar-refractivity contribution in [1.29, 1.82) is 0 Å². The number of alkyl halides is 1. The Morgan fingerprint density at radius 1 is 1.30 bits per heavy atom. The van der Waals surface area contributed by atoms with Crippen molar-refractivity contribution in [2.45, 2.75) is 42.6 Å². The Morgan fingerprint density at radius 2 is 1.90 bits per heavy atom. The molecule has 1 saturated carbocycles. The number of ether oxygens (including phenoxy) is 1. The monoisotopic (exact) mass is 254 g/mol. The normalized spacial score (nSPS) is 34.2. The molecule has 0 aliphatic heterocycles. The van der Waals surface area contributed by atoms with Crippen LogP contribution in [0.1, 0.15) is 32.6 Å². The van der Waals surface area contributed by atoms with Gasteiger partial charge in [0.1, 0.15) is 0 Å². The van der Waals surface area contributed by atoms with Gasteiger partial charge in [0, 0.05) is 10.5 Å². The van der Waals surface area contributed by atoms with Crippen molar-refractivity contribution >= 4 is 22.6 Å². The molecule has 1 rings (SSSR count). The van der Waals surface area contributed by atoms with E-state index in [0.717, 1.165) is 10.5 Å². The molecular weight excluding hydrogens is 239 g/mol. The zero-order valence-corrected chi connectivity index (χ0v) is 8.63. The summed E-state index contributed by atoms with van der Waals surface area (Å²) in [6.45, 7) is 2.97. The second kappa shape index (κ2) is 4.54. The first-order chi connectivity index (χ1) is 4.83. The zero-order valence-electron chi connectivity index (χ0n) is 6.48. The Balaban J connectivity index is 2.13. The largest absolute Gasteiger partial charge is 0.379 e. The molecule has 2 heteroatoms. The van der Waals surface area contributed by atoms with Gasteiger partial charge in [-0.3, -0.25) is 0 Å². The van der Waals surface area contributed by atoms with E-state index < -0.39 is 0 Å². The van der Waals surface area contributed by atoms with Gasteiger partial charge in [-0.1, -0.05) is 22.6 Å². The highest BCUT2D eigenvalue weighted by Crippen LogP contribution is 2.26. The maximum Gasteiger partial charge on any atom is 0.0575 e. The molecule has 0 atom stereocenters. The summed E-state index contributed by atoms with van der Waals surface area (Å²) in [6, 6.07) is 0. The highest BCUT2D eigenvalue weighted by Gasteiger charge is 2.18. The summed E-state index contributed by atoms with van der Waals surface area (Å²) in [7, 11) is 0. The number of hydrogen-bond acceptors (Lipinski definition) is 1. The molecule has 0 N–H and O–H groups in total. The van der Waals surface area contributed by atoms with Crippen LogP contribution >= 0.6 is 22.6 Å². The molecule has 0 amide bonds. The summed E-state index contributed by atoms with van der Waals surface area (Å²) in [5.41, 5.74) is 0. The van der Waals surface area contributed by atoms with Crippen molar-refractivity contribution in [3.05, 3.63) is 0 Å². The fraction of sp³-hybridized carbons (Fsp3) is 1.00. The Morgan fingerprint density at radius 3 is 2.40 bits per heavy atom. The van der Waals surface area contributed by atoms with Gasteiger partial charge in [-0.15, -0.1) is 0 Å². The van der Waals surface area contributed by atoms with Gasteiger partial charge in [0.25, 0.3) is 0 Å². The van der Waals surface area contributed by atoms with Gasteiger partial charge in [-0.2, -0.15) is 0 Å². The smallest absolute Gasteiger partial charge is 0.0575 e. The van der Waals surface area contributed by atoms with E-state index in [9.17, 15) is 0 Å². The molecule has 1 nitrogen and oxygen atoms in total. The van der Waals surface area contributed by atoms with Crippen LogP contribution in [0, 0.1) is 0 Å². The molecule has 0 aromatic rings. The average Bonchev–Trinajstić information content (AvgIpc) is 1.95. The lowest BCUT2D eigenvalue weighted by atomic mass is 9.98. The Labute approximate surface area is 76.7 Å². The van der Waals surface area contributed by atoms with Crippen molar-refractivity contribution in [3.8, 4) is 0 Å². The van der Waals surface area contributed by atoms with Gasteiger partial charge >= 0.3 is 0 Å². The lowest BCUT2D eigenvalue weighted by Crippen LogP contribution is -2.21. The van der Waals surface area contributed by atoms with Gasteiger partial charge in [0.05, 0.1) is 6.10 Å². The van der Waals surface area contributed by atoms with E-state index in [-0.39, 0.29) is 0 Å². The first-order valence-electron chi connectivity index (χ1n) is 4.08. The first kappa shape index (κ1) is 8.78. The molecule has 0 bridgehead atoms. The number of rotatable bonds is 2. The molecule has 0 aromatic carbocycles. The van der Waals surface area contributed by atoms with Gasteiger partial charge in [0.2, 0.25) is 0 Å². The topological polar surface area (TPSA) is 9.23 Å². The maximum atomic E-state index is 5.53. The third kappa shape index (κ3) is 2.74. The lowest BCUT2D eigenvalue weighted by Gasteiger charge is -2.24. The Kier molecular flexibility index (Phi) is 3.99. The predicted octanol–water partition coefficient (Wildman–Crippen LogP) is 2.77. The van der Waals surface area contributed by atoms with Crippen LogP contribution in [0.4, 0.5) is 0 Å². The van der Waals surface area contributed by atoms with Crippen molar-refractivity contribution in [3.63, 3.8) is 0 Å². The molecule has 10 heavy (non-hydrogen) atoms. The third-order valence-corrected chi connectivity index (χ3v) is 3.25. The molecule has 0 aromatic heterocycles. The van der Waals surface area contributed by atoms with Crippen LogP contribution in [0.25, 0.3) is 0 Å². The Bertz CT molecular complexity index is 87.3. The molecule has 0 unspecified atom stereocenters. The van der Waals surface area contributed by atoms with Gasteiger partial charge in [-0.05, 0) is 32.6 Å². The third-order valence-electron chi connectivity index (χ3n) is 2.01. The summed E-state index contributed by atoms with van der Waals surface area (Å²) < 4.78 is 6.44. The van der Waals surface area contributed by atoms with Crippen LogP contribution in [0.2, 0.25) is 0 Å². The number of halogens is 1. The van der Waals surface area contributed by atoms with Crippen LogP contribution in [-0.2, 0) is 4.74 Å². The minimum atomic E-state index is 0.580. The van der Waals surface area contributed by atoms with Crippen LogP contribution in [0.3, 0.4) is 0 Å². The van der Waals surface area contributed by atoms with Crippen molar-refractivity contribution < 1.29 is 4.74 Å². The standard InChI is InChI=1S/C8H15IO/c1-2-10-8-5-3-7(9)4-6-8/h7-8H,2-6H2,1H3/t7-,8-. The molecule has 1 aliphatic carbocycles. The molecule has 60 valence electrons. The molecule has 0 saturated heterocycles. The van der Waals surface area contributed by atoms with E-state index in [4.69, 9.17) is 4.74 Å². The lowest BCUT2D eigenvalue weighted by molar-refractivity contribution is 0.0387. The van der Waals surface area contributed by atoms with Crippen LogP contribution in [-0.4, -0.2) is 16.6 Å². The highest BCUT2D eigenvalue weighted by atomic mass is 127. The minimum Gasteiger partial charge on any atom is -0.379 e. The van der Waals surface area contributed by atoms with E-state index in [1.807, 2.05) is 0 Å². The zero-order chi connectivity index (χ0) is 7.40. The summed E-state index contributed by atoms with van der Waals surface area (Å²) in [5.74, 6) is 0. The highest BCUT2D eigenvalue weighted by molar-refractivity contribution is 14.1. The van der Waals surface area contributed by atoms with E-state index >= 15 is 0 Å². The number of hydrogen-bond donors (Lipinski definition) is 0. The summed E-state index contributed by atoms with van der Waals surface area (Å²) >= 11 is 2.54. The Hall–Kier alpha value is 0.690. The SMILES string of the molecule is CCO[C@H]1CC[C@H](I)CC1. The van der Waals surface area contributed by atoms with E-state index in [2.05, 4.69) is 29.5 Å². The quantitative estimate of drug-likeness (QED) is 0.544. The second-order valence-corrected chi connectivity index (χ2v) is 4.59. The molecule has 0 spiro atoms. The summed E-state index contributed by atoms with van der Waals surface area (Å²) in [6.07, 6.45) is 5.84. The van der Waals surface area contributed by atoms with Gasteiger partial charge < -0.3 is 4.74 Å². The molecule has 1 aliphatic rings. The average molecular weight is 254 g/mol. The van der Waals surface area contributed by atoms with Crippen molar-refractivity contribution in [1.82, 2.24) is 0 Å². The van der Waals surface area contributed by atoms with Gasteiger partial charge in [0.15, 0.2) is 0 Å². The second-order valence-electron chi connectivity index (χ2n) is 2.83. The summed E-state index contributed by atoms with van der Waals surface area (Å²) in [4.78, 5) is 0. The van der Waals surface area contributed by atoms with E-state index in [0.29, 0.717) is 6.10 Å². The predicted molar refractivity (Wildman–Crippen MR) is 51.7 cm³/mol. The summed E-state index contributed by atoms with van der Waals surface area (Å²) in [5, 5.41) is 0. The first-order valence-corrected chi connectivity index (χ1v) is 5.33.